The SMILES string of the molecule is O=C(NCCC1CCNCC1)C1C2CC3CC(C2)CC1C3. The highest BCUT2D eigenvalue weighted by atomic mass is 16.1. The molecule has 0 aromatic heterocycles. The average Bonchev–Trinajstić information content (AvgIpc) is 2.47. The van der Waals surface area contributed by atoms with Gasteiger partial charge in [0.15, 0.2) is 0 Å². The molecule has 0 radical (unpaired) electrons. The van der Waals surface area contributed by atoms with Crippen LogP contribution in [0.4, 0.5) is 0 Å². The molecule has 5 rings (SSSR count). The number of amides is 1. The highest BCUT2D eigenvalue weighted by Gasteiger charge is 2.50. The standard InChI is InChI=1S/C18H30N2O/c21-18(20-6-3-12-1-4-19-5-2-12)17-15-8-13-7-14(10-15)11-16(17)9-13/h12-17,19H,1-11H2,(H,20,21). The van der Waals surface area contributed by atoms with E-state index < -0.39 is 0 Å². The first kappa shape index (κ1) is 14.0. The van der Waals surface area contributed by atoms with Crippen LogP contribution in [0.2, 0.25) is 0 Å². The zero-order valence-electron chi connectivity index (χ0n) is 13.2. The highest BCUT2D eigenvalue weighted by Crippen LogP contribution is 2.56. The van der Waals surface area contributed by atoms with Crippen molar-refractivity contribution in [3.8, 4) is 0 Å². The van der Waals surface area contributed by atoms with E-state index >= 15 is 0 Å². The van der Waals surface area contributed by atoms with Gasteiger partial charge < -0.3 is 10.6 Å². The number of hydrogen-bond donors (Lipinski definition) is 2. The van der Waals surface area contributed by atoms with E-state index in [9.17, 15) is 4.79 Å². The topological polar surface area (TPSA) is 41.1 Å². The van der Waals surface area contributed by atoms with Crippen molar-refractivity contribution in [3.63, 3.8) is 0 Å². The summed E-state index contributed by atoms with van der Waals surface area (Å²) in [4.78, 5) is 12.7. The van der Waals surface area contributed by atoms with Crippen molar-refractivity contribution < 1.29 is 4.79 Å². The van der Waals surface area contributed by atoms with Crippen LogP contribution >= 0.6 is 0 Å². The summed E-state index contributed by atoms with van der Waals surface area (Å²) in [6.07, 6.45) is 10.6. The average molecular weight is 290 g/mol. The van der Waals surface area contributed by atoms with Gasteiger partial charge in [0.1, 0.15) is 0 Å². The second-order valence-electron chi connectivity index (χ2n) is 8.23. The van der Waals surface area contributed by atoms with Crippen LogP contribution in [-0.2, 0) is 4.79 Å². The van der Waals surface area contributed by atoms with Crippen LogP contribution in [0.3, 0.4) is 0 Å². The molecule has 1 saturated heterocycles. The van der Waals surface area contributed by atoms with E-state index in [1.54, 1.807) is 0 Å². The lowest BCUT2D eigenvalue weighted by Crippen LogP contribution is -2.51. The largest absolute Gasteiger partial charge is 0.356 e. The van der Waals surface area contributed by atoms with Gasteiger partial charge in [-0.3, -0.25) is 4.79 Å². The Balaban J connectivity index is 1.27. The minimum atomic E-state index is 0.367. The molecule has 5 fully saturated rings. The zero-order chi connectivity index (χ0) is 14.2. The molecule has 4 bridgehead atoms. The number of hydrogen-bond acceptors (Lipinski definition) is 2. The molecule has 5 aliphatic rings. The quantitative estimate of drug-likeness (QED) is 0.835. The lowest BCUT2D eigenvalue weighted by molar-refractivity contribution is -0.138. The van der Waals surface area contributed by atoms with E-state index in [0.29, 0.717) is 11.8 Å². The smallest absolute Gasteiger partial charge is 0.223 e. The molecule has 1 aliphatic heterocycles. The van der Waals surface area contributed by atoms with Gasteiger partial charge in [-0.15, -0.1) is 0 Å². The molecule has 118 valence electrons. The van der Waals surface area contributed by atoms with Gasteiger partial charge in [0.25, 0.3) is 0 Å². The molecule has 0 unspecified atom stereocenters. The Morgan fingerprint density at radius 3 is 2.19 bits per heavy atom. The number of piperidine rings is 1. The van der Waals surface area contributed by atoms with Crippen LogP contribution in [0.15, 0.2) is 0 Å². The summed E-state index contributed by atoms with van der Waals surface area (Å²) in [6, 6.07) is 0. The van der Waals surface area contributed by atoms with E-state index in [0.717, 1.165) is 49.2 Å². The number of carbonyl (C=O) groups is 1. The number of carbonyl (C=O) groups excluding carboxylic acids is 1. The first-order valence-electron chi connectivity index (χ1n) is 9.28. The summed E-state index contributed by atoms with van der Waals surface area (Å²) in [6.45, 7) is 3.23. The van der Waals surface area contributed by atoms with Gasteiger partial charge in [0.05, 0.1) is 0 Å². The molecule has 0 atom stereocenters. The molecule has 3 heteroatoms. The molecule has 4 saturated carbocycles. The highest BCUT2D eigenvalue weighted by molar-refractivity contribution is 5.79. The first-order chi connectivity index (χ1) is 10.3. The molecular formula is C18H30N2O. The maximum atomic E-state index is 12.7. The molecule has 0 spiro atoms. The maximum Gasteiger partial charge on any atom is 0.223 e. The van der Waals surface area contributed by atoms with Gasteiger partial charge in [0, 0.05) is 12.5 Å². The first-order valence-corrected chi connectivity index (χ1v) is 9.28. The van der Waals surface area contributed by atoms with Gasteiger partial charge >= 0.3 is 0 Å². The third-order valence-electron chi connectivity index (χ3n) is 6.84. The summed E-state index contributed by atoms with van der Waals surface area (Å²) in [7, 11) is 0. The van der Waals surface area contributed by atoms with Crippen LogP contribution in [0, 0.1) is 35.5 Å². The van der Waals surface area contributed by atoms with E-state index in [-0.39, 0.29) is 0 Å². The van der Waals surface area contributed by atoms with Crippen LogP contribution < -0.4 is 10.6 Å². The molecule has 1 amide bonds. The van der Waals surface area contributed by atoms with Gasteiger partial charge in [-0.05, 0) is 94.0 Å². The van der Waals surface area contributed by atoms with Crippen LogP contribution in [0.5, 0.6) is 0 Å². The van der Waals surface area contributed by atoms with E-state index in [1.807, 2.05) is 0 Å². The van der Waals surface area contributed by atoms with Gasteiger partial charge in [0.2, 0.25) is 5.91 Å². The van der Waals surface area contributed by atoms with Crippen molar-refractivity contribution in [2.45, 2.75) is 51.4 Å². The summed E-state index contributed by atoms with van der Waals surface area (Å²) in [5.74, 6) is 4.96. The molecule has 21 heavy (non-hydrogen) atoms. The molecule has 1 heterocycles. The minimum Gasteiger partial charge on any atom is -0.356 e. The van der Waals surface area contributed by atoms with Gasteiger partial charge in [-0.2, -0.15) is 0 Å². The molecule has 0 aromatic rings. The number of nitrogens with one attached hydrogen (secondary N) is 2. The fourth-order valence-electron chi connectivity index (χ4n) is 6.04. The molecule has 0 aromatic carbocycles. The van der Waals surface area contributed by atoms with Crippen molar-refractivity contribution in [1.29, 1.82) is 0 Å². The van der Waals surface area contributed by atoms with Gasteiger partial charge in [-0.1, -0.05) is 0 Å². The van der Waals surface area contributed by atoms with Crippen LogP contribution in [-0.4, -0.2) is 25.5 Å². The lowest BCUT2D eigenvalue weighted by Gasteiger charge is -2.53. The normalized spacial score (nSPS) is 42.2. The predicted molar refractivity (Wildman–Crippen MR) is 83.8 cm³/mol. The summed E-state index contributed by atoms with van der Waals surface area (Å²) in [5, 5.41) is 6.71. The van der Waals surface area contributed by atoms with E-state index in [1.165, 1.54) is 51.4 Å². The molecule has 2 N–H and O–H groups in total. The Labute approximate surface area is 128 Å². The fourth-order valence-corrected chi connectivity index (χ4v) is 6.04. The predicted octanol–water partition coefficient (Wildman–Crippen LogP) is 2.56. The second-order valence-corrected chi connectivity index (χ2v) is 8.23. The Bertz CT molecular complexity index is 361. The molecular weight excluding hydrogens is 260 g/mol. The van der Waals surface area contributed by atoms with Crippen molar-refractivity contribution >= 4 is 5.91 Å². The maximum absolute atomic E-state index is 12.7. The lowest BCUT2D eigenvalue weighted by atomic mass is 9.51. The minimum absolute atomic E-state index is 0.367. The fraction of sp³-hybridized carbons (Fsp3) is 0.944. The van der Waals surface area contributed by atoms with Crippen LogP contribution in [0.1, 0.15) is 51.4 Å². The third kappa shape index (κ3) is 2.86. The monoisotopic (exact) mass is 290 g/mol. The van der Waals surface area contributed by atoms with E-state index in [4.69, 9.17) is 0 Å². The summed E-state index contributed by atoms with van der Waals surface area (Å²) < 4.78 is 0. The zero-order valence-corrected chi connectivity index (χ0v) is 13.2. The van der Waals surface area contributed by atoms with Crippen LogP contribution in [0.25, 0.3) is 0 Å². The van der Waals surface area contributed by atoms with E-state index in [2.05, 4.69) is 10.6 Å². The Kier molecular flexibility index (Phi) is 3.95. The summed E-state index contributed by atoms with van der Waals surface area (Å²) >= 11 is 0. The van der Waals surface area contributed by atoms with Crippen molar-refractivity contribution in [1.82, 2.24) is 10.6 Å². The second kappa shape index (κ2) is 5.91. The molecule has 4 aliphatic carbocycles. The Hall–Kier alpha value is -0.570. The Morgan fingerprint density at radius 1 is 0.952 bits per heavy atom. The van der Waals surface area contributed by atoms with Crippen molar-refractivity contribution in [2.75, 3.05) is 19.6 Å². The Morgan fingerprint density at radius 2 is 1.57 bits per heavy atom. The molecule has 3 nitrogen and oxygen atoms in total. The van der Waals surface area contributed by atoms with Gasteiger partial charge in [-0.25, -0.2) is 0 Å². The third-order valence-corrected chi connectivity index (χ3v) is 6.84. The van der Waals surface area contributed by atoms with Crippen molar-refractivity contribution in [3.05, 3.63) is 0 Å². The van der Waals surface area contributed by atoms with Crippen molar-refractivity contribution in [2.24, 2.45) is 35.5 Å². The number of rotatable bonds is 4. The summed E-state index contributed by atoms with van der Waals surface area (Å²) in [5.41, 5.74) is 0.